The molecule has 7 heteroatoms. The summed E-state index contributed by atoms with van der Waals surface area (Å²) in [4.78, 5) is 0.146. The summed E-state index contributed by atoms with van der Waals surface area (Å²) in [5.74, 6) is 0.852. The summed E-state index contributed by atoms with van der Waals surface area (Å²) in [6, 6.07) is 0. The second-order valence-corrected chi connectivity index (χ2v) is 7.82. The van der Waals surface area contributed by atoms with Crippen LogP contribution in [0.25, 0.3) is 0 Å². The van der Waals surface area contributed by atoms with Crippen molar-refractivity contribution >= 4 is 15.8 Å². The van der Waals surface area contributed by atoms with Crippen LogP contribution < -0.4 is 5.73 Å². The van der Waals surface area contributed by atoms with Crippen molar-refractivity contribution < 1.29 is 8.42 Å². The predicted molar refractivity (Wildman–Crippen MR) is 78.6 cm³/mol. The van der Waals surface area contributed by atoms with Crippen LogP contribution in [0.4, 0.5) is 5.82 Å². The van der Waals surface area contributed by atoms with Gasteiger partial charge in [-0.25, -0.2) is 8.42 Å². The fraction of sp³-hybridized carbons (Fsp3) is 0.769. The minimum atomic E-state index is -3.53. The maximum atomic E-state index is 12.7. The van der Waals surface area contributed by atoms with Crippen LogP contribution >= 0.6 is 0 Å². The van der Waals surface area contributed by atoms with Gasteiger partial charge < -0.3 is 5.73 Å². The van der Waals surface area contributed by atoms with E-state index in [1.165, 1.54) is 0 Å². The standard InChI is InChI=1S/C13H24N4O2S/c1-4-5-16-9-12(13(14)15-16)20(18,19)17-7-10(2)6-11(3)8-17/h9-11H,4-8H2,1-3H3,(H2,14,15). The Morgan fingerprint density at radius 2 is 1.95 bits per heavy atom. The molecule has 0 bridgehead atoms. The summed E-state index contributed by atoms with van der Waals surface area (Å²) >= 11 is 0. The zero-order valence-corrected chi connectivity index (χ0v) is 13.2. The van der Waals surface area contributed by atoms with Gasteiger partial charge in [0.2, 0.25) is 10.0 Å². The van der Waals surface area contributed by atoms with Gasteiger partial charge in [-0.15, -0.1) is 0 Å². The van der Waals surface area contributed by atoms with Gasteiger partial charge in [0.05, 0.1) is 0 Å². The molecule has 0 saturated carbocycles. The van der Waals surface area contributed by atoms with Gasteiger partial charge in [0.15, 0.2) is 5.82 Å². The molecule has 114 valence electrons. The van der Waals surface area contributed by atoms with Crippen molar-refractivity contribution in [3.05, 3.63) is 6.20 Å². The lowest BCUT2D eigenvalue weighted by molar-refractivity contribution is 0.222. The summed E-state index contributed by atoms with van der Waals surface area (Å²) in [6.07, 6.45) is 3.51. The lowest BCUT2D eigenvalue weighted by Crippen LogP contribution is -2.42. The van der Waals surface area contributed by atoms with Crippen molar-refractivity contribution in [2.75, 3.05) is 18.8 Å². The van der Waals surface area contributed by atoms with E-state index in [1.807, 2.05) is 6.92 Å². The number of nitrogen functional groups attached to an aromatic ring is 1. The average molecular weight is 300 g/mol. The number of nitrogens with two attached hydrogens (primary N) is 1. The fourth-order valence-corrected chi connectivity index (χ4v) is 4.64. The van der Waals surface area contributed by atoms with E-state index in [1.54, 1.807) is 15.2 Å². The molecule has 1 aliphatic rings. The Kier molecular flexibility index (Phi) is 4.39. The molecule has 0 aliphatic carbocycles. The van der Waals surface area contributed by atoms with Crippen LogP contribution in [0.1, 0.15) is 33.6 Å². The van der Waals surface area contributed by atoms with Crippen LogP contribution in [-0.2, 0) is 16.6 Å². The lowest BCUT2D eigenvalue weighted by Gasteiger charge is -2.33. The average Bonchev–Trinajstić information content (AvgIpc) is 2.70. The molecule has 2 heterocycles. The monoisotopic (exact) mass is 300 g/mol. The van der Waals surface area contributed by atoms with Crippen molar-refractivity contribution in [3.8, 4) is 0 Å². The fourth-order valence-electron chi connectivity index (χ4n) is 2.90. The molecule has 2 unspecified atom stereocenters. The first-order valence-electron chi connectivity index (χ1n) is 7.17. The van der Waals surface area contributed by atoms with E-state index >= 15 is 0 Å². The van der Waals surface area contributed by atoms with Gasteiger partial charge in [0, 0.05) is 25.8 Å². The van der Waals surface area contributed by atoms with Crippen molar-refractivity contribution in [1.29, 1.82) is 0 Å². The molecule has 2 atom stereocenters. The molecule has 1 aromatic rings. The van der Waals surface area contributed by atoms with E-state index < -0.39 is 10.0 Å². The van der Waals surface area contributed by atoms with Crippen LogP contribution in [-0.4, -0.2) is 35.6 Å². The van der Waals surface area contributed by atoms with Gasteiger partial charge in [-0.05, 0) is 24.7 Å². The van der Waals surface area contributed by atoms with E-state index in [9.17, 15) is 8.42 Å². The Morgan fingerprint density at radius 1 is 1.35 bits per heavy atom. The van der Waals surface area contributed by atoms with Gasteiger partial charge in [-0.1, -0.05) is 20.8 Å². The molecule has 2 rings (SSSR count). The summed E-state index contributed by atoms with van der Waals surface area (Å²) in [6.45, 7) is 7.98. The smallest absolute Gasteiger partial charge is 0.248 e. The molecule has 6 nitrogen and oxygen atoms in total. The summed E-state index contributed by atoms with van der Waals surface area (Å²) in [5.41, 5.74) is 5.80. The Hall–Kier alpha value is -1.08. The van der Waals surface area contributed by atoms with Crippen molar-refractivity contribution in [2.24, 2.45) is 11.8 Å². The number of aryl methyl sites for hydroxylation is 1. The number of sulfonamides is 1. The molecule has 1 fully saturated rings. The van der Waals surface area contributed by atoms with Gasteiger partial charge in [-0.3, -0.25) is 4.68 Å². The molecule has 1 saturated heterocycles. The molecule has 2 N–H and O–H groups in total. The zero-order valence-electron chi connectivity index (χ0n) is 12.4. The number of aromatic nitrogens is 2. The first-order valence-corrected chi connectivity index (χ1v) is 8.61. The molecule has 0 radical (unpaired) electrons. The van der Waals surface area contributed by atoms with Crippen LogP contribution in [0, 0.1) is 11.8 Å². The van der Waals surface area contributed by atoms with Crippen molar-refractivity contribution in [2.45, 2.75) is 45.1 Å². The second kappa shape index (κ2) is 5.73. The highest BCUT2D eigenvalue weighted by Crippen LogP contribution is 2.28. The maximum Gasteiger partial charge on any atom is 0.248 e. The Labute approximate surface area is 121 Å². The van der Waals surface area contributed by atoms with Gasteiger partial charge in [0.1, 0.15) is 4.90 Å². The highest BCUT2D eigenvalue weighted by atomic mass is 32.2. The van der Waals surface area contributed by atoms with Crippen LogP contribution in [0.5, 0.6) is 0 Å². The Bertz CT molecular complexity index is 557. The third-order valence-corrected chi connectivity index (χ3v) is 5.51. The normalized spacial score (nSPS) is 24.9. The summed E-state index contributed by atoms with van der Waals surface area (Å²) in [5, 5.41) is 4.09. The van der Waals surface area contributed by atoms with E-state index in [-0.39, 0.29) is 10.7 Å². The van der Waals surface area contributed by atoms with E-state index in [2.05, 4.69) is 18.9 Å². The van der Waals surface area contributed by atoms with E-state index in [0.717, 1.165) is 12.8 Å². The first kappa shape index (κ1) is 15.3. The molecule has 20 heavy (non-hydrogen) atoms. The van der Waals surface area contributed by atoms with Crippen LogP contribution in [0.2, 0.25) is 0 Å². The highest BCUT2D eigenvalue weighted by Gasteiger charge is 2.34. The third kappa shape index (κ3) is 2.98. The molecule has 0 spiro atoms. The van der Waals surface area contributed by atoms with Crippen molar-refractivity contribution in [3.63, 3.8) is 0 Å². The Balaban J connectivity index is 2.30. The minimum Gasteiger partial charge on any atom is -0.381 e. The molecular weight excluding hydrogens is 276 g/mol. The molecule has 0 amide bonds. The second-order valence-electron chi connectivity index (χ2n) is 5.91. The predicted octanol–water partition coefficient (Wildman–Crippen LogP) is 1.54. The van der Waals surface area contributed by atoms with Gasteiger partial charge >= 0.3 is 0 Å². The van der Waals surface area contributed by atoms with E-state index in [0.29, 0.717) is 31.5 Å². The number of rotatable bonds is 4. The quantitative estimate of drug-likeness (QED) is 0.914. The highest BCUT2D eigenvalue weighted by molar-refractivity contribution is 7.89. The zero-order chi connectivity index (χ0) is 14.9. The lowest BCUT2D eigenvalue weighted by atomic mass is 9.94. The number of anilines is 1. The SMILES string of the molecule is CCCn1cc(S(=O)(=O)N2CC(C)CC(C)C2)c(N)n1. The summed E-state index contributed by atoms with van der Waals surface area (Å²) in [7, 11) is -3.53. The third-order valence-electron chi connectivity index (χ3n) is 3.66. The maximum absolute atomic E-state index is 12.7. The molecule has 1 aromatic heterocycles. The number of hydrogen-bond donors (Lipinski definition) is 1. The van der Waals surface area contributed by atoms with Crippen LogP contribution in [0.3, 0.4) is 0 Å². The van der Waals surface area contributed by atoms with Gasteiger partial charge in [0.25, 0.3) is 0 Å². The van der Waals surface area contributed by atoms with E-state index in [4.69, 9.17) is 5.73 Å². The molecular formula is C13H24N4O2S. The first-order chi connectivity index (χ1) is 9.34. The Morgan fingerprint density at radius 3 is 2.50 bits per heavy atom. The summed E-state index contributed by atoms with van der Waals surface area (Å²) < 4.78 is 28.6. The molecule has 0 aromatic carbocycles. The number of nitrogens with zero attached hydrogens (tertiary/aromatic N) is 3. The number of hydrogen-bond acceptors (Lipinski definition) is 4. The molecule has 1 aliphatic heterocycles. The largest absolute Gasteiger partial charge is 0.381 e. The minimum absolute atomic E-state index is 0.101. The van der Waals surface area contributed by atoms with Crippen LogP contribution in [0.15, 0.2) is 11.1 Å². The number of piperidine rings is 1. The van der Waals surface area contributed by atoms with Crippen molar-refractivity contribution in [1.82, 2.24) is 14.1 Å². The topological polar surface area (TPSA) is 81.2 Å². The van der Waals surface area contributed by atoms with Gasteiger partial charge in [-0.2, -0.15) is 9.40 Å².